The van der Waals surface area contributed by atoms with Gasteiger partial charge in [0, 0.05) is 35.8 Å². The van der Waals surface area contributed by atoms with Crippen LogP contribution in [0.1, 0.15) is 108 Å². The van der Waals surface area contributed by atoms with Crippen molar-refractivity contribution in [2.75, 3.05) is 20.2 Å². The van der Waals surface area contributed by atoms with E-state index in [0.29, 0.717) is 56.6 Å². The lowest BCUT2D eigenvalue weighted by Gasteiger charge is -2.64. The second-order valence-electron chi connectivity index (χ2n) is 17.7. The molecule has 16 heteroatoms. The molecule has 0 spiro atoms. The van der Waals surface area contributed by atoms with Gasteiger partial charge in [-0.1, -0.05) is 101 Å². The van der Waals surface area contributed by atoms with Gasteiger partial charge in [-0.15, -0.1) is 12.4 Å². The maximum Gasteiger partial charge on any atom is 0.461 e. The zero-order valence-corrected chi connectivity index (χ0v) is 38.9. The van der Waals surface area contributed by atoms with E-state index in [2.05, 4.69) is 59.1 Å². The molecule has 4 aliphatic rings. The number of Topliss-reactive ketones (excluding diaryl/α,β-unsaturated/α-hetero) is 2. The Bertz CT molecular complexity index is 1770. The Labute approximate surface area is 372 Å². The van der Waals surface area contributed by atoms with E-state index in [1.165, 1.54) is 18.6 Å². The summed E-state index contributed by atoms with van der Waals surface area (Å²) in [5.41, 5.74) is 0.509. The molecule has 2 amide bonds. The van der Waals surface area contributed by atoms with E-state index >= 15 is 0 Å². The Hall–Kier alpha value is -1.82. The van der Waals surface area contributed by atoms with E-state index < -0.39 is 11.8 Å². The van der Waals surface area contributed by atoms with Gasteiger partial charge in [0.2, 0.25) is 0 Å². The predicted octanol–water partition coefficient (Wildman–Crippen LogP) is 10.6. The summed E-state index contributed by atoms with van der Waals surface area (Å²) < 4.78 is 18.5. The zero-order chi connectivity index (χ0) is 42.4. The minimum Gasteiger partial charge on any atom is -0.438 e. The van der Waals surface area contributed by atoms with Crippen LogP contribution in [-0.2, 0) is 23.6 Å². The van der Waals surface area contributed by atoms with Crippen molar-refractivity contribution in [2.45, 2.75) is 117 Å². The number of amides is 2. The molecule has 1 heterocycles. The van der Waals surface area contributed by atoms with Crippen molar-refractivity contribution in [1.82, 2.24) is 10.6 Å². The molecule has 4 fully saturated rings. The van der Waals surface area contributed by atoms with Crippen LogP contribution in [0, 0.1) is 29.1 Å². The quantitative estimate of drug-likeness (QED) is 0.152. The minimum atomic E-state index is -0.412. The molecule has 320 valence electrons. The van der Waals surface area contributed by atoms with Crippen LogP contribution in [0.2, 0.25) is 38.5 Å². The molecule has 6 atom stereocenters. The fraction of sp³-hybridized carbons (Fsp3) is 0.619. The van der Waals surface area contributed by atoms with Crippen LogP contribution in [0.4, 0.5) is 0 Å². The molecule has 6 rings (SSSR count). The number of nitrogens with one attached hydrogen (secondary N) is 2. The molecule has 1 saturated heterocycles. The largest absolute Gasteiger partial charge is 0.461 e. The number of ketones is 2. The van der Waals surface area contributed by atoms with Crippen LogP contribution in [0.3, 0.4) is 0 Å². The summed E-state index contributed by atoms with van der Waals surface area (Å²) in [5.74, 6) is 1.22. The van der Waals surface area contributed by atoms with Gasteiger partial charge >= 0.3 is 7.12 Å². The van der Waals surface area contributed by atoms with Gasteiger partial charge in [0.15, 0.2) is 11.6 Å². The van der Waals surface area contributed by atoms with Crippen molar-refractivity contribution in [3.05, 3.63) is 67.6 Å². The third-order valence-electron chi connectivity index (χ3n) is 12.2. The first-order valence-electron chi connectivity index (χ1n) is 20.0. The van der Waals surface area contributed by atoms with E-state index in [4.69, 9.17) is 60.4 Å². The van der Waals surface area contributed by atoms with E-state index in [9.17, 15) is 19.2 Å². The van der Waals surface area contributed by atoms with Crippen molar-refractivity contribution in [3.8, 4) is 0 Å². The van der Waals surface area contributed by atoms with Gasteiger partial charge in [-0.05, 0) is 97.5 Å². The van der Waals surface area contributed by atoms with Gasteiger partial charge in [-0.2, -0.15) is 0 Å². The van der Waals surface area contributed by atoms with Gasteiger partial charge in [-0.25, -0.2) is 0 Å². The van der Waals surface area contributed by atoms with Crippen LogP contribution in [0.25, 0.3) is 0 Å². The Morgan fingerprint density at radius 1 is 0.828 bits per heavy atom. The maximum atomic E-state index is 12.9. The summed E-state index contributed by atoms with van der Waals surface area (Å²) in [6.45, 7) is 17.2. The minimum absolute atomic E-state index is 0. The molecule has 2 bridgehead atoms. The Morgan fingerprint density at radius 2 is 1.33 bits per heavy atom. The van der Waals surface area contributed by atoms with E-state index in [-0.39, 0.29) is 91.0 Å². The van der Waals surface area contributed by atoms with Crippen LogP contribution in [-0.4, -0.2) is 69.3 Å². The van der Waals surface area contributed by atoms with Crippen LogP contribution >= 0.6 is 58.8 Å². The van der Waals surface area contributed by atoms with E-state index in [0.717, 1.165) is 19.3 Å². The van der Waals surface area contributed by atoms with E-state index in [1.807, 2.05) is 6.82 Å². The van der Waals surface area contributed by atoms with Crippen molar-refractivity contribution in [1.29, 1.82) is 0 Å². The van der Waals surface area contributed by atoms with Crippen LogP contribution < -0.4 is 10.6 Å². The van der Waals surface area contributed by atoms with Crippen molar-refractivity contribution in [2.24, 2.45) is 29.1 Å². The molecule has 58 heavy (non-hydrogen) atoms. The number of carbonyl (C=O) groups excluding carboxylic acids is 4. The molecule has 0 unspecified atom stereocenters. The lowest BCUT2D eigenvalue weighted by molar-refractivity contribution is -0.199. The second-order valence-corrected chi connectivity index (χ2v) is 19.3. The van der Waals surface area contributed by atoms with Crippen molar-refractivity contribution < 1.29 is 33.1 Å². The fourth-order valence-corrected chi connectivity index (χ4v) is 9.61. The average molecular weight is 903 g/mol. The molecule has 2 aromatic carbocycles. The third kappa shape index (κ3) is 12.9. The highest BCUT2D eigenvalue weighted by Crippen LogP contribution is 2.66. The van der Waals surface area contributed by atoms with Gasteiger partial charge < -0.3 is 24.6 Å². The summed E-state index contributed by atoms with van der Waals surface area (Å²) in [7, 11) is 1.25. The highest BCUT2D eigenvalue weighted by molar-refractivity contribution is 6.52. The second kappa shape index (κ2) is 21.8. The summed E-state index contributed by atoms with van der Waals surface area (Å²) >= 11 is 23.9. The number of hydrogen-bond donors (Lipinski definition) is 2. The zero-order valence-electron chi connectivity index (χ0n) is 35.1. The highest BCUT2D eigenvalue weighted by Gasteiger charge is 2.68. The molecular formula is C42H59B2Cl5N2O7. The monoisotopic (exact) mass is 900 g/mol. The SMILES string of the molecule is CC(C)C[C@H](CC(=O)CNC(=O)c1cc(Cl)ccc1Cl)B1O[C@H]2C[C@@H]3C[C@@H](C3(C)C)[C@@]2(C)O1.COB(C)[C@@H](CC(=O)CNC(=O)c1cc(Cl)ccc1Cl)CC(C)C.Cl. The van der Waals surface area contributed by atoms with Gasteiger partial charge in [0.1, 0.15) is 0 Å². The molecule has 0 aromatic heterocycles. The Kier molecular flexibility index (Phi) is 19.0. The number of benzene rings is 2. The lowest BCUT2D eigenvalue weighted by atomic mass is 9.43. The molecule has 9 nitrogen and oxygen atoms in total. The van der Waals surface area contributed by atoms with Gasteiger partial charge in [-0.3, -0.25) is 19.2 Å². The summed E-state index contributed by atoms with van der Waals surface area (Å²) in [4.78, 5) is 49.7. The number of halogens is 5. The third-order valence-corrected chi connectivity index (χ3v) is 13.3. The summed E-state index contributed by atoms with van der Waals surface area (Å²) in [5, 5.41) is 6.73. The van der Waals surface area contributed by atoms with Gasteiger partial charge in [0.05, 0.1) is 46.0 Å². The molecule has 0 radical (unpaired) electrons. The maximum absolute atomic E-state index is 12.9. The van der Waals surface area contributed by atoms with Gasteiger partial charge in [0.25, 0.3) is 18.7 Å². The summed E-state index contributed by atoms with van der Waals surface area (Å²) in [6.07, 6.45) is 4.70. The predicted molar refractivity (Wildman–Crippen MR) is 239 cm³/mol. The molecule has 3 saturated carbocycles. The van der Waals surface area contributed by atoms with Crippen LogP contribution in [0.5, 0.6) is 0 Å². The topological polar surface area (TPSA) is 120 Å². The first-order valence-corrected chi connectivity index (χ1v) is 21.5. The highest BCUT2D eigenvalue weighted by atomic mass is 35.5. The molecule has 2 N–H and O–H groups in total. The normalized spacial score (nSPS) is 22.4. The Morgan fingerprint density at radius 3 is 1.79 bits per heavy atom. The van der Waals surface area contributed by atoms with E-state index in [1.54, 1.807) is 31.4 Å². The average Bonchev–Trinajstić information content (AvgIpc) is 3.51. The standard InChI is InChI=1S/C25H34BCl2NO4.C17H24BCl2NO3.ClH/c1-14(2)8-16(11-18(30)13-29-23(31)19-12-17(27)6-7-20(19)28)26-32-22-10-15-9-21(24(15,3)4)25(22,5)33-26;1-11(2)7-12(18(3)24-4)8-14(22)10-21-17(23)15-9-13(19)5-6-16(15)20;/h6-7,12,14-16,21-22H,8-11,13H2,1-5H3,(H,29,31);5-6,9,11-12H,7-8,10H2,1-4H3,(H,21,23);1H/t15-,16+,21-,22-,25+;12-;/m01./s1. The Balaban J connectivity index is 0.000000322. The molecule has 2 aromatic rings. The van der Waals surface area contributed by atoms with Crippen LogP contribution in [0.15, 0.2) is 36.4 Å². The first kappa shape index (κ1) is 50.5. The molecule has 1 aliphatic heterocycles. The fourth-order valence-electron chi connectivity index (χ4n) is 8.86. The van der Waals surface area contributed by atoms with Crippen molar-refractivity contribution >= 4 is 96.2 Å². The van der Waals surface area contributed by atoms with Crippen molar-refractivity contribution in [3.63, 3.8) is 0 Å². The lowest BCUT2D eigenvalue weighted by Crippen LogP contribution is -2.65. The number of carbonyl (C=O) groups is 4. The first-order chi connectivity index (χ1) is 26.7. The summed E-state index contributed by atoms with van der Waals surface area (Å²) in [6, 6.07) is 9.33. The number of hydrogen-bond acceptors (Lipinski definition) is 7. The molecule has 3 aliphatic carbocycles. The number of rotatable bonds is 17. The molecular weight excluding hydrogens is 843 g/mol. The smallest absolute Gasteiger partial charge is 0.438 e.